The molecule has 25 heavy (non-hydrogen) atoms. The third-order valence-electron chi connectivity index (χ3n) is 4.73. The Labute approximate surface area is 155 Å². The third kappa shape index (κ3) is 3.39. The molecule has 128 valence electrons. The highest BCUT2D eigenvalue weighted by molar-refractivity contribution is 7.18. The number of aromatic nitrogens is 1. The first-order chi connectivity index (χ1) is 12.2. The number of para-hydroxylation sites is 1. The Morgan fingerprint density at radius 3 is 2.84 bits per heavy atom. The molecule has 1 amide bonds. The third-order valence-corrected chi connectivity index (χ3v) is 6.76. The van der Waals surface area contributed by atoms with Gasteiger partial charge in [0.2, 0.25) is 5.91 Å². The first-order valence-corrected chi connectivity index (χ1v) is 10.2. The van der Waals surface area contributed by atoms with Gasteiger partial charge in [-0.2, -0.15) is 0 Å². The monoisotopic (exact) mass is 368 g/mol. The van der Waals surface area contributed by atoms with E-state index >= 15 is 0 Å². The number of fused-ring (bicyclic) bond motifs is 1. The van der Waals surface area contributed by atoms with E-state index in [9.17, 15) is 4.79 Å². The number of amides is 1. The molecule has 3 aromatic rings. The van der Waals surface area contributed by atoms with Crippen LogP contribution < -0.4 is 0 Å². The van der Waals surface area contributed by atoms with Crippen LogP contribution in [-0.2, 0) is 11.3 Å². The van der Waals surface area contributed by atoms with Crippen molar-refractivity contribution in [2.75, 3.05) is 7.05 Å². The molecular weight excluding hydrogens is 348 g/mol. The Hall–Kier alpha value is -1.98. The van der Waals surface area contributed by atoms with Gasteiger partial charge >= 0.3 is 0 Å². The van der Waals surface area contributed by atoms with Crippen molar-refractivity contribution in [1.82, 2.24) is 9.88 Å². The number of carbonyl (C=O) groups is 1. The smallest absolute Gasteiger partial charge is 0.226 e. The lowest BCUT2D eigenvalue weighted by Gasteiger charge is -2.29. The second-order valence-electron chi connectivity index (χ2n) is 6.45. The van der Waals surface area contributed by atoms with E-state index in [1.165, 1.54) is 9.58 Å². The molecule has 0 aliphatic heterocycles. The van der Waals surface area contributed by atoms with E-state index in [0.717, 1.165) is 23.4 Å². The van der Waals surface area contributed by atoms with E-state index in [-0.39, 0.29) is 17.7 Å². The Balaban J connectivity index is 1.58. The van der Waals surface area contributed by atoms with Crippen molar-refractivity contribution < 1.29 is 4.79 Å². The molecule has 0 spiro atoms. The van der Waals surface area contributed by atoms with Gasteiger partial charge in [-0.3, -0.25) is 4.79 Å². The van der Waals surface area contributed by atoms with Crippen LogP contribution in [0.2, 0.25) is 0 Å². The molecule has 0 bridgehead atoms. The predicted molar refractivity (Wildman–Crippen MR) is 105 cm³/mol. The van der Waals surface area contributed by atoms with Gasteiger partial charge in [0.25, 0.3) is 0 Å². The molecule has 0 saturated carbocycles. The van der Waals surface area contributed by atoms with Gasteiger partial charge in [0.1, 0.15) is 0 Å². The number of benzene rings is 1. The van der Waals surface area contributed by atoms with Gasteiger partial charge < -0.3 is 4.90 Å². The molecule has 1 aliphatic rings. The van der Waals surface area contributed by atoms with Crippen molar-refractivity contribution in [2.24, 2.45) is 5.92 Å². The quantitative estimate of drug-likeness (QED) is 0.603. The van der Waals surface area contributed by atoms with E-state index in [1.807, 2.05) is 36.2 Å². The number of nitrogens with zero attached hydrogens (tertiary/aromatic N) is 2. The maximum atomic E-state index is 13.1. The molecular formula is C20H20N2OS2. The van der Waals surface area contributed by atoms with Crippen LogP contribution in [0.1, 0.15) is 28.6 Å². The highest BCUT2D eigenvalue weighted by atomic mass is 32.1. The molecule has 2 heterocycles. The van der Waals surface area contributed by atoms with Gasteiger partial charge in [-0.05, 0) is 36.4 Å². The molecule has 0 saturated heterocycles. The van der Waals surface area contributed by atoms with E-state index in [4.69, 9.17) is 4.98 Å². The predicted octanol–water partition coefficient (Wildman–Crippen LogP) is 5.07. The summed E-state index contributed by atoms with van der Waals surface area (Å²) in [6.45, 7) is 0.684. The van der Waals surface area contributed by atoms with Crippen molar-refractivity contribution in [2.45, 2.75) is 25.3 Å². The Kier molecular flexibility index (Phi) is 4.68. The Morgan fingerprint density at radius 2 is 2.04 bits per heavy atom. The molecule has 2 atom stereocenters. The highest BCUT2D eigenvalue weighted by Gasteiger charge is 2.34. The maximum absolute atomic E-state index is 13.1. The molecule has 2 aromatic heterocycles. The number of hydrogen-bond acceptors (Lipinski definition) is 4. The zero-order chi connectivity index (χ0) is 17.2. The van der Waals surface area contributed by atoms with Crippen LogP contribution in [0.4, 0.5) is 0 Å². The Morgan fingerprint density at radius 1 is 1.20 bits per heavy atom. The van der Waals surface area contributed by atoms with Gasteiger partial charge in [-0.25, -0.2) is 4.98 Å². The van der Waals surface area contributed by atoms with Crippen LogP contribution >= 0.6 is 22.7 Å². The summed E-state index contributed by atoms with van der Waals surface area (Å²) in [5.41, 5.74) is 1.04. The normalized spacial score (nSPS) is 20.0. The topological polar surface area (TPSA) is 33.2 Å². The van der Waals surface area contributed by atoms with Crippen molar-refractivity contribution in [3.8, 4) is 0 Å². The minimum absolute atomic E-state index is 0.0180. The van der Waals surface area contributed by atoms with Crippen molar-refractivity contribution >= 4 is 38.8 Å². The zero-order valence-corrected chi connectivity index (χ0v) is 15.7. The minimum atomic E-state index is -0.0180. The number of hydrogen-bond donors (Lipinski definition) is 0. The number of carbonyl (C=O) groups excluding carboxylic acids is 1. The molecule has 1 aromatic carbocycles. The van der Waals surface area contributed by atoms with Crippen LogP contribution in [0.5, 0.6) is 0 Å². The minimum Gasteiger partial charge on any atom is -0.340 e. The maximum Gasteiger partial charge on any atom is 0.226 e. The summed E-state index contributed by atoms with van der Waals surface area (Å²) in [6, 6.07) is 12.3. The van der Waals surface area contributed by atoms with Crippen molar-refractivity contribution in [1.29, 1.82) is 0 Å². The molecule has 1 aliphatic carbocycles. The average Bonchev–Trinajstić information content (AvgIpc) is 3.30. The second-order valence-corrected chi connectivity index (χ2v) is 8.54. The Bertz CT molecular complexity index is 864. The molecule has 4 rings (SSSR count). The standard InChI is InChI=1S/C20H20N2OS2/c1-22(13-14-7-6-12-24-14)20(23)16-9-3-2-8-15(16)19-21-17-10-4-5-11-18(17)25-19/h2-7,10-12,15-16H,8-9,13H2,1H3/t15-,16+/m1/s1. The molecule has 0 radical (unpaired) electrons. The van der Waals surface area contributed by atoms with Crippen molar-refractivity contribution in [3.63, 3.8) is 0 Å². The second kappa shape index (κ2) is 7.10. The van der Waals surface area contributed by atoms with Gasteiger partial charge in [0.15, 0.2) is 0 Å². The number of thiazole rings is 1. The van der Waals surface area contributed by atoms with E-state index in [2.05, 4.69) is 29.7 Å². The van der Waals surface area contributed by atoms with Crippen LogP contribution in [-0.4, -0.2) is 22.8 Å². The van der Waals surface area contributed by atoms with E-state index < -0.39 is 0 Å². The first kappa shape index (κ1) is 16.5. The number of thiophene rings is 1. The van der Waals surface area contributed by atoms with Crippen LogP contribution in [0, 0.1) is 5.92 Å². The van der Waals surface area contributed by atoms with Crippen molar-refractivity contribution in [3.05, 3.63) is 63.8 Å². The highest BCUT2D eigenvalue weighted by Crippen LogP contribution is 2.39. The van der Waals surface area contributed by atoms with Crippen LogP contribution in [0.25, 0.3) is 10.2 Å². The fourth-order valence-corrected chi connectivity index (χ4v) is 5.31. The summed E-state index contributed by atoms with van der Waals surface area (Å²) in [5.74, 6) is 0.387. The van der Waals surface area contributed by atoms with E-state index in [1.54, 1.807) is 22.7 Å². The summed E-state index contributed by atoms with van der Waals surface area (Å²) in [5, 5.41) is 3.15. The van der Waals surface area contributed by atoms with Gasteiger partial charge in [-0.1, -0.05) is 30.4 Å². The fraction of sp³-hybridized carbons (Fsp3) is 0.300. The first-order valence-electron chi connectivity index (χ1n) is 8.50. The van der Waals surface area contributed by atoms with E-state index in [0.29, 0.717) is 6.54 Å². The lowest BCUT2D eigenvalue weighted by molar-refractivity contribution is -0.135. The summed E-state index contributed by atoms with van der Waals surface area (Å²) >= 11 is 3.43. The molecule has 3 nitrogen and oxygen atoms in total. The lowest BCUT2D eigenvalue weighted by atomic mass is 9.82. The van der Waals surface area contributed by atoms with Crippen LogP contribution in [0.15, 0.2) is 53.9 Å². The van der Waals surface area contributed by atoms with Gasteiger partial charge in [0, 0.05) is 17.8 Å². The lowest BCUT2D eigenvalue weighted by Crippen LogP contribution is -2.36. The number of rotatable bonds is 4. The fourth-order valence-electron chi connectivity index (χ4n) is 3.41. The van der Waals surface area contributed by atoms with Gasteiger partial charge in [-0.15, -0.1) is 22.7 Å². The number of allylic oxidation sites excluding steroid dienone is 2. The zero-order valence-electron chi connectivity index (χ0n) is 14.1. The molecule has 0 unspecified atom stereocenters. The molecule has 0 fully saturated rings. The SMILES string of the molecule is CN(Cc1cccs1)C(=O)[C@H]1CC=CC[C@H]1c1nc2ccccc2s1. The van der Waals surface area contributed by atoms with Gasteiger partial charge in [0.05, 0.1) is 27.7 Å². The summed E-state index contributed by atoms with van der Waals surface area (Å²) in [4.78, 5) is 21.0. The van der Waals surface area contributed by atoms with Crippen LogP contribution in [0.3, 0.4) is 0 Å². The average molecular weight is 369 g/mol. The largest absolute Gasteiger partial charge is 0.340 e. The summed E-state index contributed by atoms with van der Waals surface area (Å²) < 4.78 is 1.20. The molecule has 5 heteroatoms. The summed E-state index contributed by atoms with van der Waals surface area (Å²) in [7, 11) is 1.91. The molecule has 0 N–H and O–H groups in total. The summed E-state index contributed by atoms with van der Waals surface area (Å²) in [6.07, 6.45) is 6.03.